The van der Waals surface area contributed by atoms with Crippen LogP contribution in [-0.4, -0.2) is 120 Å². The first-order valence-electron chi connectivity index (χ1n) is 26.4. The highest BCUT2D eigenvalue weighted by molar-refractivity contribution is 7.98. The minimum Gasteiger partial charge on any atom is -0.508 e. The van der Waals surface area contributed by atoms with Crippen LogP contribution in [0.25, 0.3) is 0 Å². The van der Waals surface area contributed by atoms with E-state index in [-0.39, 0.29) is 24.3 Å². The van der Waals surface area contributed by atoms with Crippen molar-refractivity contribution >= 4 is 76.5 Å². The van der Waals surface area contributed by atoms with Gasteiger partial charge in [0.15, 0.2) is 0 Å². The predicted molar refractivity (Wildman–Crippen MR) is 318 cm³/mol. The van der Waals surface area contributed by atoms with E-state index in [1.165, 1.54) is 23.9 Å². The lowest BCUT2D eigenvalue weighted by atomic mass is 9.94. The molecule has 17 nitrogen and oxygen atoms in total. The number of nitrogens with one attached hydrogen (secondary N) is 4. The molecule has 6 aromatic rings. The fourth-order valence-corrected chi connectivity index (χ4v) is 10.3. The molecule has 0 saturated heterocycles. The topological polar surface area (TPSA) is 239 Å². The highest BCUT2D eigenvalue weighted by atomic mass is 35.5. The highest BCUT2D eigenvalue weighted by Gasteiger charge is 2.43. The van der Waals surface area contributed by atoms with Crippen LogP contribution in [-0.2, 0) is 58.5 Å². The summed E-state index contributed by atoms with van der Waals surface area (Å²) in [4.78, 5) is 103. The lowest BCUT2D eigenvalue weighted by Crippen LogP contribution is -2.60. The molecule has 0 fully saturated rings. The van der Waals surface area contributed by atoms with Crippen molar-refractivity contribution in [1.82, 2.24) is 31.1 Å². The number of likely N-dealkylation sites (N-methyl/N-ethyl adjacent to an activating group) is 1. The van der Waals surface area contributed by atoms with E-state index in [4.69, 9.17) is 38.4 Å². The third-order valence-electron chi connectivity index (χ3n) is 13.0. The molecule has 0 aromatic heterocycles. The Hall–Kier alpha value is -7.74. The number of thioether (sulfide) groups is 1. The Labute approximate surface area is 492 Å². The molecule has 0 aliphatic heterocycles. The lowest BCUT2D eigenvalue weighted by molar-refractivity contribution is -0.145. The van der Waals surface area contributed by atoms with Gasteiger partial charge in [-0.1, -0.05) is 138 Å². The van der Waals surface area contributed by atoms with Gasteiger partial charge in [0.25, 0.3) is 0 Å². The van der Waals surface area contributed by atoms with Gasteiger partial charge in [-0.3, -0.25) is 39.0 Å². The average molecular weight is 1180 g/mol. The van der Waals surface area contributed by atoms with Crippen molar-refractivity contribution in [2.75, 3.05) is 33.5 Å². The summed E-state index contributed by atoms with van der Waals surface area (Å²) in [5.74, 6) is -4.17. The number of carbonyl (C=O) groups excluding carboxylic acids is 7. The van der Waals surface area contributed by atoms with Gasteiger partial charge >= 0.3 is 6.09 Å². The van der Waals surface area contributed by atoms with E-state index >= 15 is 9.59 Å². The van der Waals surface area contributed by atoms with E-state index in [1.807, 2.05) is 30.3 Å². The monoisotopic (exact) mass is 1170 g/mol. The minimum absolute atomic E-state index is 0.00451. The van der Waals surface area contributed by atoms with Gasteiger partial charge in [-0.2, -0.15) is 11.8 Å². The first kappa shape index (κ1) is 63.4. The maximum atomic E-state index is 15.5. The highest BCUT2D eigenvalue weighted by Crippen LogP contribution is 2.30. The molecule has 0 spiro atoms. The van der Waals surface area contributed by atoms with Crippen molar-refractivity contribution in [3.8, 4) is 11.5 Å². The molecule has 0 aliphatic carbocycles. The van der Waals surface area contributed by atoms with Gasteiger partial charge < -0.3 is 36.3 Å². The summed E-state index contributed by atoms with van der Waals surface area (Å²) in [6.45, 7) is 4.00. The summed E-state index contributed by atoms with van der Waals surface area (Å²) >= 11 is 14.6. The van der Waals surface area contributed by atoms with Crippen LogP contribution < -0.4 is 31.7 Å². The number of hydrogen-bond donors (Lipinski definition) is 6. The molecule has 0 heterocycles. The van der Waals surface area contributed by atoms with E-state index in [0.717, 1.165) is 11.1 Å². The fourth-order valence-electron chi connectivity index (χ4n) is 8.73. The van der Waals surface area contributed by atoms with E-state index in [9.17, 15) is 29.1 Å². The molecule has 82 heavy (non-hydrogen) atoms. The number of rotatable bonds is 25. The molecule has 0 bridgehead atoms. The number of hydrogen-bond acceptors (Lipinski definition) is 13. The SMILES string of the molecule is COc1ccc(CSC[C@@H](NC(=O)[C@@H](N)Cc2ccc(O)cc2)C(=O)NCC(=O)NC(=O)C[C@H](C(=O)NC(c2ccccc2)c2ccccc2)N(C(=O)OC(C)(C)C)C(=O)[C@H](Cc2ccccc2Cc2c(Cl)cccc2Cl)N(C)C)cc1. The number of imide groups is 2. The van der Waals surface area contributed by atoms with Crippen molar-refractivity contribution < 1.29 is 48.1 Å². The van der Waals surface area contributed by atoms with Crippen LogP contribution in [0.15, 0.2) is 152 Å². The van der Waals surface area contributed by atoms with Crippen LogP contribution >= 0.6 is 35.0 Å². The zero-order valence-electron chi connectivity index (χ0n) is 46.5. The van der Waals surface area contributed by atoms with Crippen molar-refractivity contribution in [3.63, 3.8) is 0 Å². The summed E-state index contributed by atoms with van der Waals surface area (Å²) in [5.41, 5.74) is 10.1. The number of phenols is 1. The molecular formula is C62H69Cl2N7O10S. The Morgan fingerprint density at radius 1 is 0.659 bits per heavy atom. The van der Waals surface area contributed by atoms with Gasteiger partial charge in [0, 0.05) is 28.0 Å². The van der Waals surface area contributed by atoms with Crippen molar-refractivity contribution in [2.24, 2.45) is 5.73 Å². The Bertz CT molecular complexity index is 3090. The molecule has 20 heteroatoms. The molecule has 0 saturated carbocycles. The number of aromatic hydroxyl groups is 1. The molecular weight excluding hydrogens is 1110 g/mol. The minimum atomic E-state index is -1.94. The summed E-state index contributed by atoms with van der Waals surface area (Å²) in [6.07, 6.45) is -1.78. The lowest BCUT2D eigenvalue weighted by Gasteiger charge is -2.36. The molecule has 0 unspecified atom stereocenters. The maximum absolute atomic E-state index is 15.5. The second kappa shape index (κ2) is 30.4. The van der Waals surface area contributed by atoms with Crippen LogP contribution in [0.5, 0.6) is 11.5 Å². The van der Waals surface area contributed by atoms with Crippen molar-refractivity contribution in [1.29, 1.82) is 0 Å². The number of nitrogens with two attached hydrogens (primary N) is 1. The molecule has 7 amide bonds. The molecule has 432 valence electrons. The number of amides is 7. The Morgan fingerprint density at radius 2 is 1.23 bits per heavy atom. The van der Waals surface area contributed by atoms with Gasteiger partial charge in [-0.05, 0) is 123 Å². The average Bonchev–Trinajstić information content (AvgIpc) is 3.58. The molecule has 0 radical (unpaired) electrons. The van der Waals surface area contributed by atoms with Gasteiger partial charge in [-0.25, -0.2) is 9.69 Å². The fraction of sp³-hybridized carbons (Fsp3) is 0.306. The number of halogens is 2. The van der Waals surface area contributed by atoms with Gasteiger partial charge in [0.05, 0.1) is 38.2 Å². The Balaban J connectivity index is 1.28. The second-order valence-electron chi connectivity index (χ2n) is 20.6. The number of ether oxygens (including phenoxy) is 2. The van der Waals surface area contributed by atoms with E-state index < -0.39 is 90.3 Å². The van der Waals surface area contributed by atoms with Gasteiger partial charge in [0.2, 0.25) is 35.4 Å². The molecule has 6 aromatic carbocycles. The molecule has 7 N–H and O–H groups in total. The number of benzene rings is 6. The van der Waals surface area contributed by atoms with Crippen LogP contribution in [0.1, 0.15) is 72.2 Å². The third-order valence-corrected chi connectivity index (χ3v) is 14.8. The van der Waals surface area contributed by atoms with Crippen molar-refractivity contribution in [2.45, 2.75) is 88.0 Å². The van der Waals surface area contributed by atoms with Crippen LogP contribution in [0.4, 0.5) is 4.79 Å². The van der Waals surface area contributed by atoms with Gasteiger partial charge in [-0.15, -0.1) is 0 Å². The molecule has 6 rings (SSSR count). The summed E-state index contributed by atoms with van der Waals surface area (Å²) < 4.78 is 11.1. The number of nitrogens with zero attached hydrogens (tertiary/aromatic N) is 2. The molecule has 0 aliphatic rings. The second-order valence-corrected chi connectivity index (χ2v) is 22.4. The number of carbonyl (C=O) groups is 7. The van der Waals surface area contributed by atoms with Crippen molar-refractivity contribution in [3.05, 3.63) is 201 Å². The Morgan fingerprint density at radius 3 is 1.80 bits per heavy atom. The third kappa shape index (κ3) is 18.9. The first-order valence-corrected chi connectivity index (χ1v) is 28.3. The largest absolute Gasteiger partial charge is 0.508 e. The Kier molecular flexibility index (Phi) is 23.5. The van der Waals surface area contributed by atoms with Gasteiger partial charge in [0.1, 0.15) is 29.2 Å². The number of phenolic OH excluding ortho intramolecular Hbond substituents is 1. The van der Waals surface area contributed by atoms with Crippen LogP contribution in [0, 0.1) is 0 Å². The maximum Gasteiger partial charge on any atom is 0.417 e. The zero-order valence-corrected chi connectivity index (χ0v) is 48.9. The van der Waals surface area contributed by atoms with E-state index in [1.54, 1.807) is 156 Å². The number of methoxy groups -OCH3 is 1. The van der Waals surface area contributed by atoms with Crippen LogP contribution in [0.3, 0.4) is 0 Å². The zero-order chi connectivity index (χ0) is 59.5. The quantitative estimate of drug-likeness (QED) is 0.0320. The summed E-state index contributed by atoms with van der Waals surface area (Å²) in [5, 5.41) is 21.0. The van der Waals surface area contributed by atoms with Crippen LogP contribution in [0.2, 0.25) is 10.0 Å². The summed E-state index contributed by atoms with van der Waals surface area (Å²) in [7, 11) is 4.83. The van der Waals surface area contributed by atoms with E-state index in [0.29, 0.717) is 60.7 Å². The smallest absolute Gasteiger partial charge is 0.417 e. The normalized spacial score (nSPS) is 12.8. The standard InChI is InChI=1S/C62H69Cl2N7O10S/c1-62(2,3)81-61(79)71(60(78)53(70(4)5)34-44-21-14-13-20-43(44)33-47-48(63)22-15-23-49(47)64)52(59(77)69-56(41-16-9-7-10-17-41)42-18-11-8-12-19-42)35-54(73)68-55(74)36-66-58(76)51(38-82-37-40-26-30-46(80-6)31-27-40)67-57(75)50(65)32-39-24-28-45(72)29-25-39/h7-31,50-53,56,72H,32-38,65H2,1-6H3,(H,66,76)(H,67,75)(H,69,77)(H,68,73,74)/t50-,51+,52+,53-/m0/s1. The first-order chi connectivity index (χ1) is 39.1. The van der Waals surface area contributed by atoms with E-state index in [2.05, 4.69) is 21.3 Å². The summed E-state index contributed by atoms with van der Waals surface area (Å²) in [6, 6.07) is 37.7. The predicted octanol–water partition coefficient (Wildman–Crippen LogP) is 7.95. The molecule has 4 atom stereocenters.